The van der Waals surface area contributed by atoms with Crippen LogP contribution in [-0.2, 0) is 4.74 Å². The fourth-order valence-electron chi connectivity index (χ4n) is 1.87. The number of nitrogens with zero attached hydrogens (tertiary/aromatic N) is 2. The van der Waals surface area contributed by atoms with Crippen LogP contribution in [0, 0.1) is 0 Å². The molecule has 5 heteroatoms. The molecular formula is C14H19N3OS. The maximum atomic E-state index is 5.04. The molecule has 2 rings (SSSR count). The Hall–Kier alpha value is -1.46. The number of thioether (sulfide) groups is 1. The van der Waals surface area contributed by atoms with Gasteiger partial charge in [0.25, 0.3) is 0 Å². The largest absolute Gasteiger partial charge is 0.385 e. The van der Waals surface area contributed by atoms with Gasteiger partial charge in [-0.1, -0.05) is 12.1 Å². The topological polar surface area (TPSA) is 39.1 Å². The van der Waals surface area contributed by atoms with Crippen molar-refractivity contribution in [3.63, 3.8) is 0 Å². The van der Waals surface area contributed by atoms with Crippen molar-refractivity contribution in [1.29, 1.82) is 0 Å². The average molecular weight is 277 g/mol. The first-order chi connectivity index (χ1) is 9.36. The van der Waals surface area contributed by atoms with Crippen LogP contribution < -0.4 is 5.32 Å². The molecule has 0 aliphatic rings. The summed E-state index contributed by atoms with van der Waals surface area (Å²) in [6, 6.07) is 8.32. The lowest BCUT2D eigenvalue weighted by atomic mass is 10.3. The maximum absolute atomic E-state index is 5.04. The molecule has 4 nitrogen and oxygen atoms in total. The molecule has 0 fully saturated rings. The van der Waals surface area contributed by atoms with Crippen LogP contribution in [0.15, 0.2) is 41.6 Å². The van der Waals surface area contributed by atoms with Crippen LogP contribution in [0.4, 0.5) is 5.95 Å². The van der Waals surface area contributed by atoms with Gasteiger partial charge >= 0.3 is 0 Å². The number of imidazole rings is 1. The van der Waals surface area contributed by atoms with Crippen LogP contribution in [0.1, 0.15) is 6.42 Å². The molecule has 1 aromatic heterocycles. The predicted octanol–water partition coefficient (Wildman–Crippen LogP) is 3.04. The summed E-state index contributed by atoms with van der Waals surface area (Å²) in [6.45, 7) is 1.61. The van der Waals surface area contributed by atoms with Gasteiger partial charge in [-0.2, -0.15) is 0 Å². The standard InChI is InChI=1S/C14H19N3OS/c1-18-11-5-8-15-14-16-9-10-17(14)12-6-3-4-7-13(12)19-2/h3-4,6-7,9-10H,5,8,11H2,1-2H3,(H,15,16). The van der Waals surface area contributed by atoms with E-state index in [-0.39, 0.29) is 0 Å². The van der Waals surface area contributed by atoms with Crippen LogP contribution >= 0.6 is 11.8 Å². The Morgan fingerprint density at radius 3 is 3.00 bits per heavy atom. The lowest BCUT2D eigenvalue weighted by Gasteiger charge is -2.12. The molecule has 19 heavy (non-hydrogen) atoms. The summed E-state index contributed by atoms with van der Waals surface area (Å²) >= 11 is 1.74. The van der Waals surface area contributed by atoms with Gasteiger partial charge in [-0.15, -0.1) is 11.8 Å². The molecule has 102 valence electrons. The van der Waals surface area contributed by atoms with Crippen molar-refractivity contribution in [2.24, 2.45) is 0 Å². The van der Waals surface area contributed by atoms with Crippen LogP contribution in [0.5, 0.6) is 0 Å². The molecule has 0 unspecified atom stereocenters. The summed E-state index contributed by atoms with van der Waals surface area (Å²) in [5.41, 5.74) is 1.15. The lowest BCUT2D eigenvalue weighted by molar-refractivity contribution is 0.197. The van der Waals surface area contributed by atoms with E-state index in [9.17, 15) is 0 Å². The Bertz CT molecular complexity index is 513. The number of anilines is 1. The van der Waals surface area contributed by atoms with Crippen LogP contribution in [0.3, 0.4) is 0 Å². The third kappa shape index (κ3) is 3.52. The van der Waals surface area contributed by atoms with E-state index in [0.29, 0.717) is 0 Å². The summed E-state index contributed by atoms with van der Waals surface area (Å²) in [5, 5.41) is 3.34. The first-order valence-corrected chi connectivity index (χ1v) is 7.49. The minimum Gasteiger partial charge on any atom is -0.385 e. The Morgan fingerprint density at radius 2 is 2.21 bits per heavy atom. The molecule has 2 aromatic rings. The molecule has 0 aliphatic carbocycles. The Labute approximate surface area is 118 Å². The summed E-state index contributed by atoms with van der Waals surface area (Å²) in [7, 11) is 1.72. The van der Waals surface area contributed by atoms with E-state index in [4.69, 9.17) is 4.74 Å². The highest BCUT2D eigenvalue weighted by atomic mass is 32.2. The smallest absolute Gasteiger partial charge is 0.207 e. The number of aromatic nitrogens is 2. The first-order valence-electron chi connectivity index (χ1n) is 6.26. The lowest BCUT2D eigenvalue weighted by Crippen LogP contribution is -2.09. The second kappa shape index (κ2) is 7.21. The van der Waals surface area contributed by atoms with Crippen LogP contribution in [-0.4, -0.2) is 36.1 Å². The molecule has 0 amide bonds. The molecule has 0 spiro atoms. The van der Waals surface area contributed by atoms with Crippen LogP contribution in [0.25, 0.3) is 5.69 Å². The molecule has 0 bridgehead atoms. The normalized spacial score (nSPS) is 10.6. The number of hydrogen-bond acceptors (Lipinski definition) is 4. The van der Waals surface area contributed by atoms with E-state index in [0.717, 1.165) is 31.2 Å². The quantitative estimate of drug-likeness (QED) is 0.623. The summed E-state index contributed by atoms with van der Waals surface area (Å²) in [5.74, 6) is 0.873. The van der Waals surface area contributed by atoms with Gasteiger partial charge in [-0.25, -0.2) is 4.98 Å². The van der Waals surface area contributed by atoms with Gasteiger partial charge in [0, 0.05) is 37.6 Å². The molecule has 1 aromatic carbocycles. The Balaban J connectivity index is 2.14. The van der Waals surface area contributed by atoms with Gasteiger partial charge in [0.2, 0.25) is 5.95 Å². The van der Waals surface area contributed by atoms with E-state index < -0.39 is 0 Å². The highest BCUT2D eigenvalue weighted by Gasteiger charge is 2.07. The van der Waals surface area contributed by atoms with Gasteiger partial charge in [0.1, 0.15) is 0 Å². The van der Waals surface area contributed by atoms with Crippen molar-refractivity contribution < 1.29 is 4.74 Å². The van der Waals surface area contributed by atoms with Gasteiger partial charge in [0.15, 0.2) is 0 Å². The van der Waals surface area contributed by atoms with E-state index in [1.807, 2.05) is 18.5 Å². The number of ether oxygens (including phenoxy) is 1. The number of rotatable bonds is 7. The molecule has 0 saturated carbocycles. The third-order valence-electron chi connectivity index (χ3n) is 2.79. The zero-order valence-electron chi connectivity index (χ0n) is 11.3. The Morgan fingerprint density at radius 1 is 1.37 bits per heavy atom. The molecule has 0 radical (unpaired) electrons. The van der Waals surface area contributed by atoms with Gasteiger partial charge < -0.3 is 10.1 Å². The van der Waals surface area contributed by atoms with E-state index >= 15 is 0 Å². The summed E-state index contributed by atoms with van der Waals surface area (Å²) in [6.07, 6.45) is 6.85. The first kappa shape index (κ1) is 14.0. The maximum Gasteiger partial charge on any atom is 0.207 e. The third-order valence-corrected chi connectivity index (χ3v) is 3.58. The summed E-state index contributed by atoms with van der Waals surface area (Å²) < 4.78 is 7.12. The minimum atomic E-state index is 0.759. The Kier molecular flexibility index (Phi) is 5.30. The minimum absolute atomic E-state index is 0.759. The number of benzene rings is 1. The van der Waals surface area contributed by atoms with E-state index in [2.05, 4.69) is 39.3 Å². The van der Waals surface area contributed by atoms with Crippen molar-refractivity contribution in [2.45, 2.75) is 11.3 Å². The molecule has 1 N–H and O–H groups in total. The number of hydrogen-bond donors (Lipinski definition) is 1. The molecule has 0 saturated heterocycles. The fraction of sp³-hybridized carbons (Fsp3) is 0.357. The number of methoxy groups -OCH3 is 1. The zero-order chi connectivity index (χ0) is 13.5. The zero-order valence-corrected chi connectivity index (χ0v) is 12.1. The monoisotopic (exact) mass is 277 g/mol. The van der Waals surface area contributed by atoms with E-state index in [1.165, 1.54) is 4.90 Å². The highest BCUT2D eigenvalue weighted by Crippen LogP contribution is 2.25. The fourth-order valence-corrected chi connectivity index (χ4v) is 2.46. The number of para-hydroxylation sites is 1. The second-order valence-corrected chi connectivity index (χ2v) is 4.91. The number of nitrogens with one attached hydrogen (secondary N) is 1. The van der Waals surface area contributed by atoms with Crippen molar-refractivity contribution in [3.8, 4) is 5.69 Å². The molecule has 0 aliphatic heterocycles. The highest BCUT2D eigenvalue weighted by molar-refractivity contribution is 7.98. The molecule has 1 heterocycles. The molecular weight excluding hydrogens is 258 g/mol. The SMILES string of the molecule is COCCCNc1nccn1-c1ccccc1SC. The summed E-state index contributed by atoms with van der Waals surface area (Å²) in [4.78, 5) is 5.60. The van der Waals surface area contributed by atoms with Crippen LogP contribution in [0.2, 0.25) is 0 Å². The molecule has 0 atom stereocenters. The van der Waals surface area contributed by atoms with Crippen molar-refractivity contribution in [1.82, 2.24) is 9.55 Å². The van der Waals surface area contributed by atoms with Gasteiger partial charge in [-0.05, 0) is 24.8 Å². The van der Waals surface area contributed by atoms with E-state index in [1.54, 1.807) is 18.9 Å². The van der Waals surface area contributed by atoms with Crippen molar-refractivity contribution in [2.75, 3.05) is 31.8 Å². The average Bonchev–Trinajstić information content (AvgIpc) is 2.92. The second-order valence-electron chi connectivity index (χ2n) is 4.07. The predicted molar refractivity (Wildman–Crippen MR) is 80.3 cm³/mol. The van der Waals surface area contributed by atoms with Gasteiger partial charge in [-0.3, -0.25) is 4.57 Å². The van der Waals surface area contributed by atoms with Crippen molar-refractivity contribution in [3.05, 3.63) is 36.7 Å². The van der Waals surface area contributed by atoms with Crippen molar-refractivity contribution >= 4 is 17.7 Å². The van der Waals surface area contributed by atoms with Gasteiger partial charge in [0.05, 0.1) is 5.69 Å².